The molecule has 2 aromatic heterocycles. The highest BCUT2D eigenvalue weighted by atomic mass is 16.5. The molecule has 0 aliphatic rings. The van der Waals surface area contributed by atoms with Crippen molar-refractivity contribution in [3.63, 3.8) is 0 Å². The van der Waals surface area contributed by atoms with Gasteiger partial charge in [0.1, 0.15) is 12.4 Å². The van der Waals surface area contributed by atoms with Crippen LogP contribution in [0.3, 0.4) is 0 Å². The normalized spacial score (nSPS) is 11.1. The zero-order chi connectivity index (χ0) is 15.2. The molecule has 0 aliphatic heterocycles. The minimum absolute atomic E-state index is 0.367. The summed E-state index contributed by atoms with van der Waals surface area (Å²) in [4.78, 5) is 4.48. The van der Waals surface area contributed by atoms with E-state index in [1.165, 1.54) is 0 Å². The molecule has 0 amide bonds. The number of aryl methyl sites for hydroxylation is 2. The van der Waals surface area contributed by atoms with E-state index in [1.54, 1.807) is 0 Å². The van der Waals surface area contributed by atoms with Gasteiger partial charge in [0, 0.05) is 24.3 Å². The summed E-state index contributed by atoms with van der Waals surface area (Å²) in [5.41, 5.74) is 2.86. The van der Waals surface area contributed by atoms with E-state index in [1.807, 2.05) is 25.1 Å². The number of aromatic nitrogens is 2. The molecule has 2 heterocycles. The van der Waals surface area contributed by atoms with Gasteiger partial charge in [0.25, 0.3) is 0 Å². The standard InChI is InChI=1S/C16H23N3O2/c1-5-15-16(7-6-12(4)18-15)20-10-14-8-13(19-21-14)9-17-11(2)3/h6-8,11,17H,5,9-10H2,1-4H3. The molecule has 0 aliphatic carbocycles. The van der Waals surface area contributed by atoms with Crippen molar-refractivity contribution in [1.82, 2.24) is 15.5 Å². The SMILES string of the molecule is CCc1nc(C)ccc1OCc1cc(CNC(C)C)no1. The third-order valence-corrected chi connectivity index (χ3v) is 3.08. The van der Waals surface area contributed by atoms with E-state index in [0.717, 1.165) is 35.0 Å². The molecule has 114 valence electrons. The van der Waals surface area contributed by atoms with Gasteiger partial charge in [0.15, 0.2) is 5.76 Å². The van der Waals surface area contributed by atoms with Gasteiger partial charge in [-0.15, -0.1) is 0 Å². The Labute approximate surface area is 125 Å². The largest absolute Gasteiger partial charge is 0.484 e. The van der Waals surface area contributed by atoms with Gasteiger partial charge >= 0.3 is 0 Å². The lowest BCUT2D eigenvalue weighted by atomic mass is 10.2. The molecule has 2 aromatic rings. The van der Waals surface area contributed by atoms with Crippen LogP contribution in [0.25, 0.3) is 0 Å². The van der Waals surface area contributed by atoms with Crippen molar-refractivity contribution >= 4 is 0 Å². The molecule has 21 heavy (non-hydrogen) atoms. The molecule has 1 N–H and O–H groups in total. The van der Waals surface area contributed by atoms with Crippen molar-refractivity contribution in [1.29, 1.82) is 0 Å². The molecule has 5 nitrogen and oxygen atoms in total. The van der Waals surface area contributed by atoms with E-state index < -0.39 is 0 Å². The lowest BCUT2D eigenvalue weighted by Gasteiger charge is -2.08. The minimum Gasteiger partial charge on any atom is -0.484 e. The van der Waals surface area contributed by atoms with Crippen LogP contribution in [0.5, 0.6) is 5.75 Å². The molecule has 0 atom stereocenters. The fraction of sp³-hybridized carbons (Fsp3) is 0.500. The maximum atomic E-state index is 5.79. The van der Waals surface area contributed by atoms with Gasteiger partial charge in [-0.3, -0.25) is 4.98 Å². The van der Waals surface area contributed by atoms with Crippen molar-refractivity contribution in [2.75, 3.05) is 0 Å². The molecular formula is C16H23N3O2. The number of hydrogen-bond acceptors (Lipinski definition) is 5. The van der Waals surface area contributed by atoms with Crippen LogP contribution in [0.15, 0.2) is 22.7 Å². The van der Waals surface area contributed by atoms with Crippen molar-refractivity contribution in [3.8, 4) is 5.75 Å². The Morgan fingerprint density at radius 3 is 2.86 bits per heavy atom. The van der Waals surface area contributed by atoms with E-state index >= 15 is 0 Å². The predicted octanol–water partition coefficient (Wildman–Crippen LogP) is 3.02. The van der Waals surface area contributed by atoms with Gasteiger partial charge in [0.2, 0.25) is 0 Å². The second kappa shape index (κ2) is 7.22. The summed E-state index contributed by atoms with van der Waals surface area (Å²) in [5.74, 6) is 1.53. The van der Waals surface area contributed by atoms with Crippen molar-refractivity contribution < 1.29 is 9.26 Å². The fourth-order valence-corrected chi connectivity index (χ4v) is 1.95. The predicted molar refractivity (Wildman–Crippen MR) is 81.2 cm³/mol. The molecule has 5 heteroatoms. The van der Waals surface area contributed by atoms with Crippen molar-refractivity contribution in [2.24, 2.45) is 0 Å². The molecule has 2 rings (SSSR count). The van der Waals surface area contributed by atoms with E-state index in [9.17, 15) is 0 Å². The molecule has 0 aromatic carbocycles. The summed E-state index contributed by atoms with van der Waals surface area (Å²) in [6.45, 7) is 9.31. The number of pyridine rings is 1. The third-order valence-electron chi connectivity index (χ3n) is 3.08. The Morgan fingerprint density at radius 1 is 1.33 bits per heavy atom. The first-order valence-corrected chi connectivity index (χ1v) is 7.35. The first kappa shape index (κ1) is 15.5. The van der Waals surface area contributed by atoms with Crippen LogP contribution >= 0.6 is 0 Å². The van der Waals surface area contributed by atoms with Crippen LogP contribution in [0.1, 0.15) is 43.6 Å². The van der Waals surface area contributed by atoms with Gasteiger partial charge in [-0.2, -0.15) is 0 Å². The quantitative estimate of drug-likeness (QED) is 0.849. The van der Waals surface area contributed by atoms with Crippen molar-refractivity contribution in [3.05, 3.63) is 41.0 Å². The zero-order valence-electron chi connectivity index (χ0n) is 13.1. The van der Waals surface area contributed by atoms with E-state index in [0.29, 0.717) is 19.2 Å². The first-order chi connectivity index (χ1) is 10.1. The molecule has 0 radical (unpaired) electrons. The van der Waals surface area contributed by atoms with Crippen LogP contribution in [-0.2, 0) is 19.6 Å². The Bertz CT molecular complexity index is 579. The summed E-state index contributed by atoms with van der Waals surface area (Å²) in [6.07, 6.45) is 0.844. The number of nitrogens with zero attached hydrogens (tertiary/aromatic N) is 2. The highest BCUT2D eigenvalue weighted by Crippen LogP contribution is 2.19. The number of hydrogen-bond donors (Lipinski definition) is 1. The average Bonchev–Trinajstić information content (AvgIpc) is 2.91. The molecule has 0 bridgehead atoms. The van der Waals surface area contributed by atoms with Gasteiger partial charge in [-0.1, -0.05) is 25.9 Å². The maximum absolute atomic E-state index is 5.79. The van der Waals surface area contributed by atoms with Gasteiger partial charge in [0.05, 0.1) is 11.4 Å². The molecule has 0 saturated carbocycles. The highest BCUT2D eigenvalue weighted by molar-refractivity contribution is 5.29. The van der Waals surface area contributed by atoms with Crippen LogP contribution in [-0.4, -0.2) is 16.2 Å². The van der Waals surface area contributed by atoms with Crippen LogP contribution in [0.2, 0.25) is 0 Å². The fourth-order valence-electron chi connectivity index (χ4n) is 1.95. The summed E-state index contributed by atoms with van der Waals surface area (Å²) < 4.78 is 11.1. The molecule has 0 saturated heterocycles. The topological polar surface area (TPSA) is 60.2 Å². The lowest BCUT2D eigenvalue weighted by molar-refractivity contribution is 0.245. The number of rotatable bonds is 7. The van der Waals surface area contributed by atoms with E-state index in [4.69, 9.17) is 9.26 Å². The van der Waals surface area contributed by atoms with Crippen molar-refractivity contribution in [2.45, 2.75) is 53.3 Å². The molecular weight excluding hydrogens is 266 g/mol. The maximum Gasteiger partial charge on any atom is 0.174 e. The summed E-state index contributed by atoms with van der Waals surface area (Å²) in [5, 5.41) is 7.32. The Balaban J connectivity index is 1.94. The highest BCUT2D eigenvalue weighted by Gasteiger charge is 2.08. The van der Waals surface area contributed by atoms with Crippen LogP contribution < -0.4 is 10.1 Å². The van der Waals surface area contributed by atoms with E-state index in [-0.39, 0.29) is 0 Å². The Kier molecular flexibility index (Phi) is 5.33. The summed E-state index contributed by atoms with van der Waals surface area (Å²) in [6, 6.07) is 6.25. The summed E-state index contributed by atoms with van der Waals surface area (Å²) >= 11 is 0. The van der Waals surface area contributed by atoms with Gasteiger partial charge in [-0.25, -0.2) is 0 Å². The Morgan fingerprint density at radius 2 is 2.14 bits per heavy atom. The monoisotopic (exact) mass is 289 g/mol. The smallest absolute Gasteiger partial charge is 0.174 e. The second-order valence-electron chi connectivity index (χ2n) is 5.36. The third kappa shape index (κ3) is 4.56. The first-order valence-electron chi connectivity index (χ1n) is 7.35. The van der Waals surface area contributed by atoms with Crippen LogP contribution in [0, 0.1) is 6.92 Å². The lowest BCUT2D eigenvalue weighted by Crippen LogP contribution is -2.21. The Hall–Kier alpha value is -1.88. The second-order valence-corrected chi connectivity index (χ2v) is 5.36. The molecule has 0 spiro atoms. The molecule has 0 fully saturated rings. The minimum atomic E-state index is 0.367. The number of ether oxygens (including phenoxy) is 1. The van der Waals surface area contributed by atoms with Gasteiger partial charge < -0.3 is 14.6 Å². The van der Waals surface area contributed by atoms with E-state index in [2.05, 4.69) is 36.2 Å². The average molecular weight is 289 g/mol. The van der Waals surface area contributed by atoms with Gasteiger partial charge in [-0.05, 0) is 25.5 Å². The van der Waals surface area contributed by atoms with Crippen LogP contribution in [0.4, 0.5) is 0 Å². The number of nitrogens with one attached hydrogen (secondary N) is 1. The molecule has 0 unspecified atom stereocenters. The summed E-state index contributed by atoms with van der Waals surface area (Å²) in [7, 11) is 0. The zero-order valence-corrected chi connectivity index (χ0v) is 13.1.